The summed E-state index contributed by atoms with van der Waals surface area (Å²) in [5, 5.41) is 3.57. The van der Waals surface area contributed by atoms with Crippen LogP contribution in [0.15, 0.2) is 34.6 Å². The second kappa shape index (κ2) is 6.07. The second-order valence-corrected chi connectivity index (χ2v) is 6.17. The number of aryl methyl sites for hydroxylation is 1. The minimum absolute atomic E-state index is 0.0611. The van der Waals surface area contributed by atoms with E-state index in [2.05, 4.69) is 15.3 Å². The number of nitrogens with zero attached hydrogens (tertiary/aromatic N) is 2. The molecule has 3 nitrogen and oxygen atoms in total. The second-order valence-electron chi connectivity index (χ2n) is 5.19. The fourth-order valence-electron chi connectivity index (χ4n) is 1.89. The Morgan fingerprint density at radius 2 is 1.81 bits per heavy atom. The Bertz CT molecular complexity index is 619. The average molecular weight is 307 g/mol. The van der Waals surface area contributed by atoms with E-state index >= 15 is 0 Å². The van der Waals surface area contributed by atoms with Gasteiger partial charge in [-0.2, -0.15) is 0 Å². The molecule has 21 heavy (non-hydrogen) atoms. The largest absolute Gasteiger partial charge is 0.310 e. The van der Waals surface area contributed by atoms with Crippen molar-refractivity contribution in [3.8, 4) is 0 Å². The van der Waals surface area contributed by atoms with Gasteiger partial charge in [0.2, 0.25) is 0 Å². The highest BCUT2D eigenvalue weighted by molar-refractivity contribution is 7.99. The molecule has 1 aliphatic rings. The summed E-state index contributed by atoms with van der Waals surface area (Å²) in [6.07, 6.45) is 5.53. The van der Waals surface area contributed by atoms with Gasteiger partial charge in [0.1, 0.15) is 11.6 Å². The van der Waals surface area contributed by atoms with Crippen molar-refractivity contribution >= 4 is 11.8 Å². The number of hydrogen-bond acceptors (Lipinski definition) is 4. The maximum atomic E-state index is 14.1. The van der Waals surface area contributed by atoms with Crippen LogP contribution in [0.1, 0.15) is 24.0 Å². The Balaban J connectivity index is 1.76. The molecule has 0 bridgehead atoms. The highest BCUT2D eigenvalue weighted by atomic mass is 32.2. The highest BCUT2D eigenvalue weighted by Gasteiger charge is 2.21. The Labute approximate surface area is 126 Å². The lowest BCUT2D eigenvalue weighted by Crippen LogP contribution is -2.15. The van der Waals surface area contributed by atoms with Gasteiger partial charge in [0.15, 0.2) is 5.16 Å². The predicted octanol–water partition coefficient (Wildman–Crippen LogP) is 3.47. The molecule has 1 N–H and O–H groups in total. The summed E-state index contributed by atoms with van der Waals surface area (Å²) in [6, 6.07) is 3.25. The van der Waals surface area contributed by atoms with E-state index in [1.807, 2.05) is 6.92 Å². The van der Waals surface area contributed by atoms with Crippen LogP contribution in [0.25, 0.3) is 0 Å². The summed E-state index contributed by atoms with van der Waals surface area (Å²) in [5.41, 5.74) is 1.52. The Morgan fingerprint density at radius 1 is 1.19 bits per heavy atom. The average Bonchev–Trinajstić information content (AvgIpc) is 3.27. The minimum Gasteiger partial charge on any atom is -0.310 e. The van der Waals surface area contributed by atoms with Gasteiger partial charge in [-0.05, 0) is 54.8 Å². The number of hydrogen-bond donors (Lipinski definition) is 1. The molecular formula is C15H15F2N3S. The smallest absolute Gasteiger partial charge is 0.192 e. The SMILES string of the molecule is Cc1cnc(Sc2c(F)cc(CNC3CC3)cc2F)nc1. The van der Waals surface area contributed by atoms with E-state index in [9.17, 15) is 8.78 Å². The van der Waals surface area contributed by atoms with E-state index in [4.69, 9.17) is 0 Å². The summed E-state index contributed by atoms with van der Waals surface area (Å²) in [5.74, 6) is -1.14. The molecule has 0 saturated heterocycles. The first-order valence-electron chi connectivity index (χ1n) is 6.79. The molecular weight excluding hydrogens is 292 g/mol. The van der Waals surface area contributed by atoms with Crippen LogP contribution in [0.5, 0.6) is 0 Å². The van der Waals surface area contributed by atoms with Gasteiger partial charge in [0, 0.05) is 25.0 Å². The number of nitrogens with one attached hydrogen (secondary N) is 1. The lowest BCUT2D eigenvalue weighted by molar-refractivity contribution is 0.533. The first kappa shape index (κ1) is 14.4. The molecule has 6 heteroatoms. The molecule has 0 unspecified atom stereocenters. The minimum atomic E-state index is -0.572. The van der Waals surface area contributed by atoms with Crippen molar-refractivity contribution in [3.63, 3.8) is 0 Å². The summed E-state index contributed by atoms with van der Waals surface area (Å²) in [7, 11) is 0. The van der Waals surface area contributed by atoms with Crippen LogP contribution in [0, 0.1) is 18.6 Å². The van der Waals surface area contributed by atoms with Crippen LogP contribution in [-0.2, 0) is 6.54 Å². The van der Waals surface area contributed by atoms with E-state index in [0.717, 1.165) is 30.2 Å². The summed E-state index contributed by atoms with van der Waals surface area (Å²) in [6.45, 7) is 2.35. The maximum Gasteiger partial charge on any atom is 0.192 e. The number of rotatable bonds is 5. The van der Waals surface area contributed by atoms with Gasteiger partial charge in [0.05, 0.1) is 4.90 Å². The Hall–Kier alpha value is -1.53. The van der Waals surface area contributed by atoms with Crippen molar-refractivity contribution in [1.29, 1.82) is 0 Å². The fourth-order valence-corrected chi connectivity index (χ4v) is 2.59. The van der Waals surface area contributed by atoms with Crippen LogP contribution in [0.3, 0.4) is 0 Å². The van der Waals surface area contributed by atoms with E-state index in [1.54, 1.807) is 12.4 Å². The number of aromatic nitrogens is 2. The van der Waals surface area contributed by atoms with Gasteiger partial charge in [-0.15, -0.1) is 0 Å². The molecule has 2 aromatic rings. The third-order valence-electron chi connectivity index (χ3n) is 3.18. The molecule has 1 aromatic heterocycles. The van der Waals surface area contributed by atoms with Crippen molar-refractivity contribution in [2.45, 2.75) is 42.4 Å². The van der Waals surface area contributed by atoms with Crippen LogP contribution < -0.4 is 5.32 Å². The van der Waals surface area contributed by atoms with Gasteiger partial charge in [-0.3, -0.25) is 0 Å². The molecule has 1 aromatic carbocycles. The van der Waals surface area contributed by atoms with Crippen molar-refractivity contribution in [1.82, 2.24) is 15.3 Å². The first-order valence-corrected chi connectivity index (χ1v) is 7.61. The molecule has 3 rings (SSSR count). The van der Waals surface area contributed by atoms with Gasteiger partial charge in [-0.1, -0.05) is 0 Å². The normalized spacial score (nSPS) is 14.4. The molecule has 110 valence electrons. The summed E-state index contributed by atoms with van der Waals surface area (Å²) in [4.78, 5) is 8.04. The van der Waals surface area contributed by atoms with Crippen molar-refractivity contribution in [2.75, 3.05) is 0 Å². The van der Waals surface area contributed by atoms with Gasteiger partial charge in [-0.25, -0.2) is 18.7 Å². The number of halogens is 2. The molecule has 0 amide bonds. The summed E-state index contributed by atoms with van der Waals surface area (Å²) < 4.78 is 28.1. The van der Waals surface area contributed by atoms with Gasteiger partial charge < -0.3 is 5.32 Å². The lowest BCUT2D eigenvalue weighted by Gasteiger charge is -2.08. The molecule has 0 spiro atoms. The third kappa shape index (κ3) is 3.77. The van der Waals surface area contributed by atoms with E-state index in [1.165, 1.54) is 12.1 Å². The molecule has 1 aliphatic carbocycles. The highest BCUT2D eigenvalue weighted by Crippen LogP contribution is 2.30. The van der Waals surface area contributed by atoms with Gasteiger partial charge >= 0.3 is 0 Å². The first-order chi connectivity index (χ1) is 10.1. The Morgan fingerprint density at radius 3 is 2.38 bits per heavy atom. The Kier molecular flexibility index (Phi) is 4.17. The third-order valence-corrected chi connectivity index (χ3v) is 4.17. The quantitative estimate of drug-likeness (QED) is 0.858. The van der Waals surface area contributed by atoms with Crippen molar-refractivity contribution < 1.29 is 8.78 Å². The monoisotopic (exact) mass is 307 g/mol. The van der Waals surface area contributed by atoms with Crippen molar-refractivity contribution in [2.24, 2.45) is 0 Å². The van der Waals surface area contributed by atoms with Crippen molar-refractivity contribution in [3.05, 3.63) is 47.3 Å². The molecule has 0 radical (unpaired) electrons. The number of benzene rings is 1. The molecule has 0 atom stereocenters. The fraction of sp³-hybridized carbons (Fsp3) is 0.333. The molecule has 1 heterocycles. The van der Waals surface area contributed by atoms with Crippen LogP contribution in [0.2, 0.25) is 0 Å². The molecule has 1 fully saturated rings. The summed E-state index contributed by atoms with van der Waals surface area (Å²) >= 11 is 0.902. The standard InChI is InChI=1S/C15H15F2N3S/c1-9-6-19-15(20-7-9)21-14-12(16)4-10(5-13(14)17)8-18-11-2-3-11/h4-7,11,18H,2-3,8H2,1H3. The van der Waals surface area contributed by atoms with Crippen LogP contribution in [0.4, 0.5) is 8.78 Å². The zero-order valence-corrected chi connectivity index (χ0v) is 12.4. The maximum absolute atomic E-state index is 14.1. The molecule has 0 aliphatic heterocycles. The zero-order valence-electron chi connectivity index (χ0n) is 11.6. The predicted molar refractivity (Wildman–Crippen MR) is 77.1 cm³/mol. The van der Waals surface area contributed by atoms with Crippen LogP contribution >= 0.6 is 11.8 Å². The van der Waals surface area contributed by atoms with E-state index in [-0.39, 0.29) is 4.90 Å². The van der Waals surface area contributed by atoms with E-state index in [0.29, 0.717) is 23.3 Å². The molecule has 1 saturated carbocycles. The zero-order chi connectivity index (χ0) is 14.8. The van der Waals surface area contributed by atoms with E-state index < -0.39 is 11.6 Å². The topological polar surface area (TPSA) is 37.8 Å². The lowest BCUT2D eigenvalue weighted by atomic mass is 10.2. The van der Waals surface area contributed by atoms with Gasteiger partial charge in [0.25, 0.3) is 0 Å². The van der Waals surface area contributed by atoms with Crippen LogP contribution in [-0.4, -0.2) is 16.0 Å².